The van der Waals surface area contributed by atoms with Gasteiger partial charge in [-0.3, -0.25) is 0 Å². The topological polar surface area (TPSA) is 65.5 Å². The summed E-state index contributed by atoms with van der Waals surface area (Å²) in [6.45, 7) is 5.68. The highest BCUT2D eigenvalue weighted by molar-refractivity contribution is 5.95. The molecule has 2 rings (SSSR count). The second-order valence-corrected chi connectivity index (χ2v) is 5.18. The van der Waals surface area contributed by atoms with Crippen molar-refractivity contribution in [3.63, 3.8) is 0 Å². The zero-order valence-corrected chi connectivity index (χ0v) is 11.7. The molecule has 0 amide bonds. The molecule has 0 saturated carbocycles. The molecule has 1 fully saturated rings. The highest BCUT2D eigenvalue weighted by Gasteiger charge is 2.24. The number of hydrogen-bond acceptors (Lipinski definition) is 4. The van der Waals surface area contributed by atoms with Crippen LogP contribution in [0, 0.1) is 13.8 Å². The fourth-order valence-electron chi connectivity index (χ4n) is 2.70. The van der Waals surface area contributed by atoms with Gasteiger partial charge in [0.2, 0.25) is 0 Å². The Balaban J connectivity index is 2.39. The first-order valence-electron chi connectivity index (χ1n) is 6.65. The minimum absolute atomic E-state index is 0.326. The number of aromatic carboxylic acids is 1. The number of aryl methyl sites for hydroxylation is 2. The van der Waals surface area contributed by atoms with Crippen LogP contribution < -0.4 is 10.2 Å². The van der Waals surface area contributed by atoms with Crippen molar-refractivity contribution in [1.29, 1.82) is 0 Å². The van der Waals surface area contributed by atoms with Crippen molar-refractivity contribution < 1.29 is 9.90 Å². The highest BCUT2D eigenvalue weighted by Crippen LogP contribution is 2.25. The molecule has 0 aliphatic carbocycles. The highest BCUT2D eigenvalue weighted by atomic mass is 16.4. The first-order valence-corrected chi connectivity index (χ1v) is 6.65. The largest absolute Gasteiger partial charge is 0.478 e. The molecule has 0 radical (unpaired) electrons. The van der Waals surface area contributed by atoms with Crippen LogP contribution in [0.15, 0.2) is 6.07 Å². The molecule has 1 aromatic heterocycles. The number of carboxylic acids is 1. The molecule has 1 aromatic rings. The fraction of sp³-hybridized carbons (Fsp3) is 0.571. The zero-order chi connectivity index (χ0) is 14.0. The predicted molar refractivity (Wildman–Crippen MR) is 75.0 cm³/mol. The van der Waals surface area contributed by atoms with Gasteiger partial charge in [0, 0.05) is 18.8 Å². The van der Waals surface area contributed by atoms with Gasteiger partial charge in [0.1, 0.15) is 11.4 Å². The van der Waals surface area contributed by atoms with E-state index in [9.17, 15) is 9.90 Å². The zero-order valence-electron chi connectivity index (χ0n) is 11.7. The number of pyridine rings is 1. The smallest absolute Gasteiger partial charge is 0.339 e. The Morgan fingerprint density at radius 3 is 2.63 bits per heavy atom. The van der Waals surface area contributed by atoms with E-state index < -0.39 is 5.97 Å². The molecule has 2 N–H and O–H groups in total. The minimum atomic E-state index is -0.902. The number of carboxylic acid groups (broad SMARTS) is 1. The van der Waals surface area contributed by atoms with Crippen LogP contribution in [0.4, 0.5) is 5.82 Å². The molecule has 0 aromatic carbocycles. The van der Waals surface area contributed by atoms with Crippen molar-refractivity contribution in [3.8, 4) is 0 Å². The number of rotatable bonds is 3. The van der Waals surface area contributed by atoms with Crippen molar-refractivity contribution in [2.24, 2.45) is 0 Å². The molecule has 1 aliphatic heterocycles. The van der Waals surface area contributed by atoms with E-state index in [1.54, 1.807) is 0 Å². The average Bonchev–Trinajstić information content (AvgIpc) is 2.37. The van der Waals surface area contributed by atoms with Gasteiger partial charge in [0.25, 0.3) is 0 Å². The first-order chi connectivity index (χ1) is 9.00. The van der Waals surface area contributed by atoms with Crippen molar-refractivity contribution in [2.45, 2.75) is 32.7 Å². The van der Waals surface area contributed by atoms with Crippen LogP contribution in [0.25, 0.3) is 0 Å². The van der Waals surface area contributed by atoms with E-state index in [2.05, 4.69) is 10.3 Å². The summed E-state index contributed by atoms with van der Waals surface area (Å²) < 4.78 is 0. The van der Waals surface area contributed by atoms with E-state index in [4.69, 9.17) is 0 Å². The van der Waals surface area contributed by atoms with Crippen molar-refractivity contribution in [1.82, 2.24) is 10.3 Å². The van der Waals surface area contributed by atoms with Crippen molar-refractivity contribution >= 4 is 11.8 Å². The second kappa shape index (κ2) is 5.57. The molecule has 1 aliphatic rings. The molecule has 19 heavy (non-hydrogen) atoms. The molecule has 0 spiro atoms. The maximum absolute atomic E-state index is 11.5. The predicted octanol–water partition coefficient (Wildman–Crippen LogP) is 1.58. The Hall–Kier alpha value is -1.62. The maximum atomic E-state index is 11.5. The number of nitrogens with zero attached hydrogens (tertiary/aromatic N) is 2. The number of nitrogens with one attached hydrogen (secondary N) is 1. The monoisotopic (exact) mass is 263 g/mol. The van der Waals surface area contributed by atoms with E-state index in [-0.39, 0.29) is 0 Å². The van der Waals surface area contributed by atoms with E-state index in [1.807, 2.05) is 31.9 Å². The molecule has 5 nitrogen and oxygen atoms in total. The van der Waals surface area contributed by atoms with Gasteiger partial charge < -0.3 is 15.3 Å². The Morgan fingerprint density at radius 1 is 1.42 bits per heavy atom. The van der Waals surface area contributed by atoms with Gasteiger partial charge >= 0.3 is 5.97 Å². The summed E-state index contributed by atoms with van der Waals surface area (Å²) >= 11 is 0. The summed E-state index contributed by atoms with van der Waals surface area (Å²) in [5, 5.41) is 12.7. The van der Waals surface area contributed by atoms with Gasteiger partial charge in [0.05, 0.1) is 0 Å². The molecule has 5 heteroatoms. The number of aromatic nitrogens is 1. The van der Waals surface area contributed by atoms with Crippen molar-refractivity contribution in [2.75, 3.05) is 25.0 Å². The lowest BCUT2D eigenvalue weighted by molar-refractivity contribution is 0.0696. The Labute approximate surface area is 113 Å². The van der Waals surface area contributed by atoms with Gasteiger partial charge in [-0.05, 0) is 51.4 Å². The summed E-state index contributed by atoms with van der Waals surface area (Å²) in [7, 11) is 1.95. The van der Waals surface area contributed by atoms with Crippen LogP contribution in [0.5, 0.6) is 0 Å². The Bertz CT molecular complexity index is 482. The summed E-state index contributed by atoms with van der Waals surface area (Å²) in [5.74, 6) is -0.308. The van der Waals surface area contributed by atoms with Gasteiger partial charge in [-0.15, -0.1) is 0 Å². The van der Waals surface area contributed by atoms with E-state index in [1.165, 1.54) is 0 Å². The van der Waals surface area contributed by atoms with Gasteiger partial charge in [-0.2, -0.15) is 0 Å². The third-order valence-electron chi connectivity index (χ3n) is 3.73. The quantitative estimate of drug-likeness (QED) is 0.867. The normalized spacial score (nSPS) is 16.4. The third-order valence-corrected chi connectivity index (χ3v) is 3.73. The second-order valence-electron chi connectivity index (χ2n) is 5.18. The van der Waals surface area contributed by atoms with E-state index >= 15 is 0 Å². The number of carbonyl (C=O) groups is 1. The SMILES string of the molecule is Cc1cc(C)c(C(=O)O)c(N(C)C2CCNCC2)n1. The maximum Gasteiger partial charge on any atom is 0.339 e. The van der Waals surface area contributed by atoms with Crippen LogP contribution in [-0.2, 0) is 0 Å². The third kappa shape index (κ3) is 2.87. The van der Waals surface area contributed by atoms with Crippen LogP contribution >= 0.6 is 0 Å². The molecule has 0 unspecified atom stereocenters. The summed E-state index contributed by atoms with van der Waals surface area (Å²) in [6, 6.07) is 2.18. The summed E-state index contributed by atoms with van der Waals surface area (Å²) in [5.41, 5.74) is 1.96. The first kappa shape index (κ1) is 13.8. The van der Waals surface area contributed by atoms with Gasteiger partial charge in [0.15, 0.2) is 0 Å². The van der Waals surface area contributed by atoms with Crippen LogP contribution in [0.3, 0.4) is 0 Å². The lowest BCUT2D eigenvalue weighted by Crippen LogP contribution is -2.42. The van der Waals surface area contributed by atoms with E-state index in [0.717, 1.165) is 37.2 Å². The van der Waals surface area contributed by atoms with Crippen LogP contribution in [0.2, 0.25) is 0 Å². The van der Waals surface area contributed by atoms with Crippen molar-refractivity contribution in [3.05, 3.63) is 22.9 Å². The molecule has 0 bridgehead atoms. The van der Waals surface area contributed by atoms with Crippen LogP contribution in [-0.4, -0.2) is 42.2 Å². The standard InChI is InChI=1S/C14H21N3O2/c1-9-8-10(2)16-13(12(9)14(18)19)17(3)11-4-6-15-7-5-11/h8,11,15H,4-7H2,1-3H3,(H,18,19). The number of piperidine rings is 1. The summed E-state index contributed by atoms with van der Waals surface area (Å²) in [4.78, 5) is 17.9. The molecule has 2 heterocycles. The fourth-order valence-corrected chi connectivity index (χ4v) is 2.70. The molecular weight excluding hydrogens is 242 g/mol. The van der Waals surface area contributed by atoms with Gasteiger partial charge in [-0.25, -0.2) is 9.78 Å². The molecule has 0 atom stereocenters. The molecule has 1 saturated heterocycles. The number of hydrogen-bond donors (Lipinski definition) is 2. The minimum Gasteiger partial charge on any atom is -0.478 e. The van der Waals surface area contributed by atoms with Gasteiger partial charge in [-0.1, -0.05) is 0 Å². The molecule has 104 valence electrons. The lowest BCUT2D eigenvalue weighted by Gasteiger charge is -2.33. The molecular formula is C14H21N3O2. The Kier molecular flexibility index (Phi) is 4.04. The van der Waals surface area contributed by atoms with E-state index in [0.29, 0.717) is 17.4 Å². The number of anilines is 1. The summed E-state index contributed by atoms with van der Waals surface area (Å²) in [6.07, 6.45) is 2.04. The van der Waals surface area contributed by atoms with Crippen LogP contribution in [0.1, 0.15) is 34.5 Å². The lowest BCUT2D eigenvalue weighted by atomic mass is 10.0. The average molecular weight is 263 g/mol. The Morgan fingerprint density at radius 2 is 2.05 bits per heavy atom.